The van der Waals surface area contributed by atoms with E-state index >= 15 is 0 Å². The lowest BCUT2D eigenvalue weighted by molar-refractivity contribution is -0.138. The second kappa shape index (κ2) is 7.77. The number of nitrogens with zero attached hydrogens (tertiary/aromatic N) is 3. The summed E-state index contributed by atoms with van der Waals surface area (Å²) in [5.41, 5.74) is 1.52. The van der Waals surface area contributed by atoms with Crippen molar-refractivity contribution in [1.29, 1.82) is 0 Å². The molecule has 122 valence electrons. The zero-order valence-electron chi connectivity index (χ0n) is 12.9. The number of rotatable bonds is 7. The summed E-state index contributed by atoms with van der Waals surface area (Å²) in [4.78, 5) is 28.7. The zero-order valence-corrected chi connectivity index (χ0v) is 13.7. The van der Waals surface area contributed by atoms with Gasteiger partial charge in [0.2, 0.25) is 0 Å². The molecular weight excluding hydrogens is 316 g/mol. The Balaban J connectivity index is 2.02. The quantitative estimate of drug-likeness (QED) is 0.752. The van der Waals surface area contributed by atoms with Crippen LogP contribution in [0.1, 0.15) is 29.8 Å². The molecule has 0 fully saturated rings. The number of carboxylic acids is 1. The molecule has 1 aromatic carbocycles. The Morgan fingerprint density at radius 1 is 1.30 bits per heavy atom. The summed E-state index contributed by atoms with van der Waals surface area (Å²) in [6.07, 6.45) is 1.45. The van der Waals surface area contributed by atoms with Gasteiger partial charge in [-0.2, -0.15) is 5.10 Å². The SMILES string of the molecule is CC(C)N(CC(=O)O)C(=O)c1ccc(CSc2ncn[nH]2)cc1. The van der Waals surface area contributed by atoms with E-state index in [0.29, 0.717) is 11.3 Å². The van der Waals surface area contributed by atoms with Crippen LogP contribution in [0.2, 0.25) is 0 Å². The van der Waals surface area contributed by atoms with Crippen molar-refractivity contribution in [3.05, 3.63) is 41.7 Å². The molecular formula is C15H18N4O3S. The van der Waals surface area contributed by atoms with Gasteiger partial charge in [-0.05, 0) is 31.5 Å². The molecule has 1 heterocycles. The van der Waals surface area contributed by atoms with Gasteiger partial charge in [0, 0.05) is 17.4 Å². The van der Waals surface area contributed by atoms with Gasteiger partial charge in [-0.25, -0.2) is 4.98 Å². The fraction of sp³-hybridized carbons (Fsp3) is 0.333. The van der Waals surface area contributed by atoms with Crippen LogP contribution in [-0.2, 0) is 10.5 Å². The zero-order chi connectivity index (χ0) is 16.8. The summed E-state index contributed by atoms with van der Waals surface area (Å²) in [6.45, 7) is 3.28. The minimum atomic E-state index is -1.02. The smallest absolute Gasteiger partial charge is 0.323 e. The van der Waals surface area contributed by atoms with E-state index in [2.05, 4.69) is 15.2 Å². The lowest BCUT2D eigenvalue weighted by Crippen LogP contribution is -2.40. The lowest BCUT2D eigenvalue weighted by Gasteiger charge is -2.25. The fourth-order valence-electron chi connectivity index (χ4n) is 1.96. The van der Waals surface area contributed by atoms with Crippen LogP contribution in [0.25, 0.3) is 0 Å². The highest BCUT2D eigenvalue weighted by atomic mass is 32.2. The summed E-state index contributed by atoms with van der Waals surface area (Å²) < 4.78 is 0. The number of nitrogens with one attached hydrogen (secondary N) is 1. The predicted octanol–water partition coefficient (Wildman–Crippen LogP) is 2.03. The molecule has 7 nitrogen and oxygen atoms in total. The molecule has 0 radical (unpaired) electrons. The maximum absolute atomic E-state index is 12.4. The molecule has 1 aromatic heterocycles. The van der Waals surface area contributed by atoms with Gasteiger partial charge in [0.1, 0.15) is 12.9 Å². The third-order valence-electron chi connectivity index (χ3n) is 3.16. The van der Waals surface area contributed by atoms with Crippen molar-refractivity contribution in [1.82, 2.24) is 20.1 Å². The molecule has 0 atom stereocenters. The highest BCUT2D eigenvalue weighted by Gasteiger charge is 2.21. The number of carbonyl (C=O) groups excluding carboxylic acids is 1. The average molecular weight is 334 g/mol. The number of amides is 1. The van der Waals surface area contributed by atoms with E-state index in [1.54, 1.807) is 26.0 Å². The van der Waals surface area contributed by atoms with E-state index in [4.69, 9.17) is 5.11 Å². The number of carbonyl (C=O) groups is 2. The van der Waals surface area contributed by atoms with Crippen LogP contribution in [-0.4, -0.2) is 49.7 Å². The number of carboxylic acid groups (broad SMARTS) is 1. The number of benzene rings is 1. The van der Waals surface area contributed by atoms with Crippen LogP contribution in [0.3, 0.4) is 0 Å². The number of aromatic amines is 1. The van der Waals surface area contributed by atoms with Crippen molar-refractivity contribution < 1.29 is 14.7 Å². The summed E-state index contributed by atoms with van der Waals surface area (Å²) >= 11 is 1.51. The van der Waals surface area contributed by atoms with Crippen LogP contribution in [0.5, 0.6) is 0 Å². The predicted molar refractivity (Wildman–Crippen MR) is 86.2 cm³/mol. The first-order chi connectivity index (χ1) is 11.0. The summed E-state index contributed by atoms with van der Waals surface area (Å²) in [5, 5.41) is 16.2. The van der Waals surface area contributed by atoms with E-state index in [1.165, 1.54) is 23.0 Å². The van der Waals surface area contributed by atoms with Crippen LogP contribution < -0.4 is 0 Å². The molecule has 2 aromatic rings. The van der Waals surface area contributed by atoms with Gasteiger partial charge in [-0.15, -0.1) is 0 Å². The van der Waals surface area contributed by atoms with Crippen molar-refractivity contribution in [2.75, 3.05) is 6.54 Å². The Morgan fingerprint density at radius 2 is 2.00 bits per heavy atom. The fourth-order valence-corrected chi connectivity index (χ4v) is 2.69. The van der Waals surface area contributed by atoms with E-state index in [-0.39, 0.29) is 18.5 Å². The van der Waals surface area contributed by atoms with Gasteiger partial charge in [0.25, 0.3) is 5.91 Å². The molecule has 2 N–H and O–H groups in total. The summed E-state index contributed by atoms with van der Waals surface area (Å²) in [6, 6.07) is 6.97. The van der Waals surface area contributed by atoms with E-state index in [1.807, 2.05) is 12.1 Å². The first kappa shape index (κ1) is 17.0. The van der Waals surface area contributed by atoms with Gasteiger partial charge in [0.05, 0.1) is 0 Å². The first-order valence-electron chi connectivity index (χ1n) is 7.07. The van der Waals surface area contributed by atoms with Gasteiger partial charge in [-0.1, -0.05) is 23.9 Å². The lowest BCUT2D eigenvalue weighted by atomic mass is 10.1. The average Bonchev–Trinajstić information content (AvgIpc) is 3.03. The second-order valence-corrected chi connectivity index (χ2v) is 6.16. The Morgan fingerprint density at radius 3 is 2.52 bits per heavy atom. The van der Waals surface area contributed by atoms with E-state index in [9.17, 15) is 9.59 Å². The van der Waals surface area contributed by atoms with Crippen molar-refractivity contribution in [3.63, 3.8) is 0 Å². The number of thioether (sulfide) groups is 1. The van der Waals surface area contributed by atoms with Crippen LogP contribution in [0.15, 0.2) is 35.7 Å². The maximum Gasteiger partial charge on any atom is 0.323 e. The monoisotopic (exact) mass is 334 g/mol. The highest BCUT2D eigenvalue weighted by molar-refractivity contribution is 7.98. The largest absolute Gasteiger partial charge is 0.480 e. The van der Waals surface area contributed by atoms with Crippen LogP contribution in [0, 0.1) is 0 Å². The molecule has 0 bridgehead atoms. The van der Waals surface area contributed by atoms with Crippen molar-refractivity contribution in [2.45, 2.75) is 30.8 Å². The molecule has 0 unspecified atom stereocenters. The molecule has 0 aliphatic rings. The Kier molecular flexibility index (Phi) is 5.75. The molecule has 0 saturated carbocycles. The number of H-pyrrole nitrogens is 1. The second-order valence-electron chi connectivity index (χ2n) is 5.20. The number of aromatic nitrogens is 3. The van der Waals surface area contributed by atoms with Gasteiger partial charge in [0.15, 0.2) is 5.16 Å². The molecule has 0 aliphatic heterocycles. The molecule has 8 heteroatoms. The Labute approximate surface area is 138 Å². The topological polar surface area (TPSA) is 99.2 Å². The Hall–Kier alpha value is -2.35. The van der Waals surface area contributed by atoms with Crippen LogP contribution in [0.4, 0.5) is 0 Å². The molecule has 1 amide bonds. The first-order valence-corrected chi connectivity index (χ1v) is 8.06. The molecule has 0 saturated heterocycles. The normalized spacial score (nSPS) is 10.7. The minimum Gasteiger partial charge on any atom is -0.480 e. The molecule has 0 spiro atoms. The molecule has 0 aliphatic carbocycles. The van der Waals surface area contributed by atoms with Gasteiger partial charge in [-0.3, -0.25) is 14.7 Å². The standard InChI is InChI=1S/C15H18N4O3S/c1-10(2)19(7-13(20)21)14(22)12-5-3-11(4-6-12)8-23-15-16-9-17-18-15/h3-6,9-10H,7-8H2,1-2H3,(H,20,21)(H,16,17,18). The number of aliphatic carboxylic acids is 1. The van der Waals surface area contributed by atoms with Gasteiger partial charge < -0.3 is 10.0 Å². The van der Waals surface area contributed by atoms with Crippen molar-refractivity contribution in [2.24, 2.45) is 0 Å². The Bertz CT molecular complexity index is 656. The molecule has 23 heavy (non-hydrogen) atoms. The van der Waals surface area contributed by atoms with E-state index < -0.39 is 5.97 Å². The van der Waals surface area contributed by atoms with Crippen molar-refractivity contribution >= 4 is 23.6 Å². The van der Waals surface area contributed by atoms with Crippen molar-refractivity contribution in [3.8, 4) is 0 Å². The summed E-state index contributed by atoms with van der Waals surface area (Å²) in [5.74, 6) is -0.601. The van der Waals surface area contributed by atoms with E-state index in [0.717, 1.165) is 10.7 Å². The maximum atomic E-state index is 12.4. The number of hydrogen-bond acceptors (Lipinski definition) is 5. The number of hydrogen-bond donors (Lipinski definition) is 2. The minimum absolute atomic E-state index is 0.180. The third kappa shape index (κ3) is 4.82. The van der Waals surface area contributed by atoms with Gasteiger partial charge >= 0.3 is 5.97 Å². The van der Waals surface area contributed by atoms with Crippen LogP contribution >= 0.6 is 11.8 Å². The molecule has 2 rings (SSSR count). The highest BCUT2D eigenvalue weighted by Crippen LogP contribution is 2.19. The third-order valence-corrected chi connectivity index (χ3v) is 4.11. The summed E-state index contributed by atoms with van der Waals surface area (Å²) in [7, 11) is 0.